The van der Waals surface area contributed by atoms with Gasteiger partial charge in [0.15, 0.2) is 0 Å². The molecule has 0 aromatic heterocycles. The minimum Gasteiger partial charge on any atom is -0.480 e. The molecule has 0 spiro atoms. The normalized spacial score (nSPS) is 14.7. The number of carbonyl (C=O) groups excluding carboxylic acids is 1. The van der Waals surface area contributed by atoms with Gasteiger partial charge in [-0.3, -0.25) is 4.79 Å². The summed E-state index contributed by atoms with van der Waals surface area (Å²) in [6.45, 7) is 5.56. The number of carbonyl (C=O) groups is 2. The molecule has 4 nitrogen and oxygen atoms in total. The van der Waals surface area contributed by atoms with E-state index in [2.05, 4.69) is 17.9 Å². The molecule has 1 unspecified atom stereocenters. The van der Waals surface area contributed by atoms with E-state index in [0.29, 0.717) is 12.2 Å². The minimum absolute atomic E-state index is 0.234. The Morgan fingerprint density at radius 3 is 2.20 bits per heavy atom. The van der Waals surface area contributed by atoms with Crippen LogP contribution in [0.25, 0.3) is 0 Å². The van der Waals surface area contributed by atoms with Crippen molar-refractivity contribution in [1.29, 1.82) is 0 Å². The van der Waals surface area contributed by atoms with Gasteiger partial charge in [0, 0.05) is 11.7 Å². The first kappa shape index (κ1) is 14.3. The van der Waals surface area contributed by atoms with Crippen LogP contribution in [0.1, 0.15) is 27.2 Å². The second-order valence-electron chi connectivity index (χ2n) is 4.11. The number of aliphatic carboxylic acids is 1. The Balaban J connectivity index is 4.29. The van der Waals surface area contributed by atoms with Crippen LogP contribution in [-0.2, 0) is 9.59 Å². The number of thiol groups is 1. The third-order valence-electron chi connectivity index (χ3n) is 2.04. The van der Waals surface area contributed by atoms with E-state index >= 15 is 0 Å². The van der Waals surface area contributed by atoms with E-state index in [4.69, 9.17) is 5.11 Å². The van der Waals surface area contributed by atoms with Crippen molar-refractivity contribution in [2.75, 3.05) is 5.75 Å². The summed E-state index contributed by atoms with van der Waals surface area (Å²) in [5.41, 5.74) is 0. The van der Waals surface area contributed by atoms with Crippen LogP contribution in [0, 0.1) is 11.8 Å². The summed E-state index contributed by atoms with van der Waals surface area (Å²) in [7, 11) is 0. The lowest BCUT2D eigenvalue weighted by Crippen LogP contribution is -2.44. The van der Waals surface area contributed by atoms with Crippen LogP contribution >= 0.6 is 12.6 Å². The van der Waals surface area contributed by atoms with E-state index < -0.39 is 12.0 Å². The zero-order valence-electron chi connectivity index (χ0n) is 9.36. The Hall–Kier alpha value is -0.710. The van der Waals surface area contributed by atoms with Crippen molar-refractivity contribution >= 4 is 24.5 Å². The second kappa shape index (κ2) is 6.71. The van der Waals surface area contributed by atoms with Crippen LogP contribution in [0.15, 0.2) is 0 Å². The van der Waals surface area contributed by atoms with Crippen molar-refractivity contribution in [2.24, 2.45) is 11.8 Å². The fourth-order valence-corrected chi connectivity index (χ4v) is 1.26. The molecule has 0 heterocycles. The molecule has 1 amide bonds. The highest BCUT2D eigenvalue weighted by molar-refractivity contribution is 7.80. The fraction of sp³-hybridized carbons (Fsp3) is 0.800. The zero-order valence-corrected chi connectivity index (χ0v) is 10.3. The topological polar surface area (TPSA) is 66.4 Å². The Labute approximate surface area is 95.8 Å². The fourth-order valence-electron chi connectivity index (χ4n) is 1.09. The van der Waals surface area contributed by atoms with Crippen LogP contribution in [0.3, 0.4) is 0 Å². The summed E-state index contributed by atoms with van der Waals surface area (Å²) >= 11 is 3.99. The predicted molar refractivity (Wildman–Crippen MR) is 62.0 cm³/mol. The molecule has 0 aliphatic rings. The van der Waals surface area contributed by atoms with Crippen molar-refractivity contribution in [3.63, 3.8) is 0 Å². The number of hydrogen-bond donors (Lipinski definition) is 3. The molecule has 0 aromatic carbocycles. The van der Waals surface area contributed by atoms with E-state index in [0.717, 1.165) is 0 Å². The maximum atomic E-state index is 11.4. The molecule has 0 aromatic rings. The van der Waals surface area contributed by atoms with Gasteiger partial charge in [0.2, 0.25) is 5.91 Å². The third-order valence-corrected chi connectivity index (χ3v) is 2.59. The third kappa shape index (κ3) is 5.67. The molecule has 15 heavy (non-hydrogen) atoms. The van der Waals surface area contributed by atoms with Crippen molar-refractivity contribution in [1.82, 2.24) is 5.32 Å². The molecule has 5 heteroatoms. The van der Waals surface area contributed by atoms with Gasteiger partial charge in [0.1, 0.15) is 6.04 Å². The van der Waals surface area contributed by atoms with E-state index in [9.17, 15) is 9.59 Å². The SMILES string of the molecule is CC(C)C[C@H](NC(=O)C(C)CS)C(=O)O. The zero-order chi connectivity index (χ0) is 12.0. The number of nitrogens with one attached hydrogen (secondary N) is 1. The van der Waals surface area contributed by atoms with Gasteiger partial charge in [-0.05, 0) is 12.3 Å². The standard InChI is InChI=1S/C10H19NO3S/c1-6(2)4-8(10(13)14)11-9(12)7(3)5-15/h6-8,15H,4-5H2,1-3H3,(H,11,12)(H,13,14)/t7?,8-/m0/s1. The molecule has 0 bridgehead atoms. The number of rotatable bonds is 6. The molecule has 88 valence electrons. The van der Waals surface area contributed by atoms with E-state index in [1.807, 2.05) is 13.8 Å². The van der Waals surface area contributed by atoms with Crippen molar-refractivity contribution in [2.45, 2.75) is 33.2 Å². The number of amides is 1. The van der Waals surface area contributed by atoms with Gasteiger partial charge in [-0.1, -0.05) is 20.8 Å². The van der Waals surface area contributed by atoms with Gasteiger partial charge in [-0.2, -0.15) is 12.6 Å². The second-order valence-corrected chi connectivity index (χ2v) is 4.48. The van der Waals surface area contributed by atoms with E-state index in [-0.39, 0.29) is 17.7 Å². The van der Waals surface area contributed by atoms with Crippen LogP contribution in [0.2, 0.25) is 0 Å². The van der Waals surface area contributed by atoms with E-state index in [1.165, 1.54) is 0 Å². The van der Waals surface area contributed by atoms with Gasteiger partial charge in [-0.25, -0.2) is 4.79 Å². The van der Waals surface area contributed by atoms with Gasteiger partial charge >= 0.3 is 5.97 Å². The predicted octanol–water partition coefficient (Wildman–Crippen LogP) is 1.17. The lowest BCUT2D eigenvalue weighted by molar-refractivity contribution is -0.142. The molecule has 0 rings (SSSR count). The summed E-state index contributed by atoms with van der Waals surface area (Å²) < 4.78 is 0. The quantitative estimate of drug-likeness (QED) is 0.603. The van der Waals surface area contributed by atoms with Gasteiger partial charge in [0.25, 0.3) is 0 Å². The number of carboxylic acids is 1. The Morgan fingerprint density at radius 1 is 1.33 bits per heavy atom. The molecular weight excluding hydrogens is 214 g/mol. The smallest absolute Gasteiger partial charge is 0.326 e. The average Bonchev–Trinajstić information content (AvgIpc) is 2.14. The van der Waals surface area contributed by atoms with Crippen LogP contribution in [0.4, 0.5) is 0 Å². The first-order valence-electron chi connectivity index (χ1n) is 5.02. The lowest BCUT2D eigenvalue weighted by atomic mass is 10.0. The molecule has 2 N–H and O–H groups in total. The average molecular weight is 233 g/mol. The summed E-state index contributed by atoms with van der Waals surface area (Å²) in [5, 5.41) is 11.4. The maximum absolute atomic E-state index is 11.4. The van der Waals surface area contributed by atoms with E-state index in [1.54, 1.807) is 6.92 Å². The Bertz CT molecular complexity index is 231. The van der Waals surface area contributed by atoms with Crippen LogP contribution in [-0.4, -0.2) is 28.8 Å². The van der Waals surface area contributed by atoms with Crippen molar-refractivity contribution in [3.05, 3.63) is 0 Å². The van der Waals surface area contributed by atoms with Gasteiger partial charge < -0.3 is 10.4 Å². The number of carboxylic acid groups (broad SMARTS) is 1. The monoisotopic (exact) mass is 233 g/mol. The molecule has 0 fully saturated rings. The minimum atomic E-state index is -0.983. The summed E-state index contributed by atoms with van der Waals surface area (Å²) in [6.07, 6.45) is 0.445. The van der Waals surface area contributed by atoms with Gasteiger partial charge in [-0.15, -0.1) is 0 Å². The summed E-state index contributed by atoms with van der Waals surface area (Å²) in [5.74, 6) is -0.846. The van der Waals surface area contributed by atoms with Crippen molar-refractivity contribution < 1.29 is 14.7 Å². The lowest BCUT2D eigenvalue weighted by Gasteiger charge is -2.18. The molecule has 2 atom stereocenters. The molecule has 0 aliphatic carbocycles. The van der Waals surface area contributed by atoms with Gasteiger partial charge in [0.05, 0.1) is 0 Å². The maximum Gasteiger partial charge on any atom is 0.326 e. The van der Waals surface area contributed by atoms with Crippen molar-refractivity contribution in [3.8, 4) is 0 Å². The molecule has 0 aliphatic heterocycles. The number of hydrogen-bond acceptors (Lipinski definition) is 3. The highest BCUT2D eigenvalue weighted by atomic mass is 32.1. The molecule has 0 saturated carbocycles. The largest absolute Gasteiger partial charge is 0.480 e. The molecule has 0 radical (unpaired) electrons. The summed E-state index contributed by atoms with van der Waals surface area (Å²) in [6, 6.07) is -0.792. The Morgan fingerprint density at radius 2 is 1.87 bits per heavy atom. The highest BCUT2D eigenvalue weighted by Gasteiger charge is 2.22. The molecular formula is C10H19NO3S. The first-order chi connectivity index (χ1) is 6.88. The highest BCUT2D eigenvalue weighted by Crippen LogP contribution is 2.06. The molecule has 0 saturated heterocycles. The van der Waals surface area contributed by atoms with Crippen LogP contribution < -0.4 is 5.32 Å². The van der Waals surface area contributed by atoms with Crippen LogP contribution in [0.5, 0.6) is 0 Å². The summed E-state index contributed by atoms with van der Waals surface area (Å²) in [4.78, 5) is 22.3. The Kier molecular flexibility index (Phi) is 6.40. The first-order valence-corrected chi connectivity index (χ1v) is 5.65.